The molecule has 0 saturated carbocycles. The van der Waals surface area contributed by atoms with Gasteiger partial charge in [0.25, 0.3) is 5.91 Å². The van der Waals surface area contributed by atoms with Crippen LogP contribution in [0.1, 0.15) is 41.5 Å². The Labute approximate surface area is 156 Å². The number of hydrogen-bond donors (Lipinski definition) is 2. The average molecular weight is 370 g/mol. The number of benzene rings is 1. The number of fused-ring (bicyclic) bond motifs is 1. The van der Waals surface area contributed by atoms with Crippen molar-refractivity contribution in [1.29, 1.82) is 0 Å². The van der Waals surface area contributed by atoms with Gasteiger partial charge in [-0.25, -0.2) is 9.97 Å². The molecule has 0 aliphatic carbocycles. The minimum Gasteiger partial charge on any atom is -0.352 e. The Bertz CT molecular complexity index is 959. The van der Waals surface area contributed by atoms with E-state index in [0.29, 0.717) is 28.8 Å². The first-order valence-corrected chi connectivity index (χ1v) is 9.24. The molecule has 2 aromatic heterocycles. The maximum absolute atomic E-state index is 12.1. The van der Waals surface area contributed by atoms with Crippen LogP contribution in [0, 0.1) is 0 Å². The third kappa shape index (κ3) is 3.01. The summed E-state index contributed by atoms with van der Waals surface area (Å²) < 4.78 is 1.91. The summed E-state index contributed by atoms with van der Waals surface area (Å²) in [5, 5.41) is 3.37. The molecule has 0 unspecified atom stereocenters. The van der Waals surface area contributed by atoms with Gasteiger partial charge in [0.2, 0.25) is 0 Å². The van der Waals surface area contributed by atoms with Crippen molar-refractivity contribution in [2.24, 2.45) is 0 Å². The highest BCUT2D eigenvalue weighted by Gasteiger charge is 2.20. The van der Waals surface area contributed by atoms with Crippen molar-refractivity contribution in [2.45, 2.75) is 32.6 Å². The fourth-order valence-electron chi connectivity index (χ4n) is 3.25. The fraction of sp³-hybridized carbons (Fsp3) is 0.316. The molecule has 26 heavy (non-hydrogen) atoms. The number of halogens is 1. The highest BCUT2D eigenvalue weighted by Crippen LogP contribution is 2.28. The summed E-state index contributed by atoms with van der Waals surface area (Å²) in [6, 6.07) is 5.90. The molecule has 0 bridgehead atoms. The van der Waals surface area contributed by atoms with Gasteiger partial charge >= 0.3 is 0 Å². The van der Waals surface area contributed by atoms with E-state index in [-0.39, 0.29) is 5.91 Å². The molecule has 2 N–H and O–H groups in total. The molecule has 7 heteroatoms. The van der Waals surface area contributed by atoms with Crippen LogP contribution in [0.25, 0.3) is 17.2 Å². The van der Waals surface area contributed by atoms with Crippen LogP contribution in [-0.4, -0.2) is 32.0 Å². The molecule has 1 aliphatic rings. The predicted octanol–water partition coefficient (Wildman–Crippen LogP) is 3.54. The molecule has 1 aliphatic heterocycles. The van der Waals surface area contributed by atoms with Gasteiger partial charge in [0, 0.05) is 36.6 Å². The Balaban J connectivity index is 1.73. The zero-order valence-electron chi connectivity index (χ0n) is 14.6. The van der Waals surface area contributed by atoms with Crippen LogP contribution in [0.15, 0.2) is 30.6 Å². The number of aryl methyl sites for hydroxylation is 1. The number of hydrogen-bond acceptors (Lipinski definition) is 3. The molecular weight excluding hydrogens is 350 g/mol. The highest BCUT2D eigenvalue weighted by atomic mass is 35.5. The minimum atomic E-state index is -0.0329. The van der Waals surface area contributed by atoms with E-state index in [1.807, 2.05) is 29.0 Å². The molecule has 1 amide bonds. The van der Waals surface area contributed by atoms with E-state index in [2.05, 4.69) is 27.2 Å². The lowest BCUT2D eigenvalue weighted by Gasteiger charge is -2.17. The molecule has 3 aromatic rings. The van der Waals surface area contributed by atoms with Crippen molar-refractivity contribution in [2.75, 3.05) is 6.54 Å². The predicted molar refractivity (Wildman–Crippen MR) is 101 cm³/mol. The van der Waals surface area contributed by atoms with Gasteiger partial charge in [-0.15, -0.1) is 0 Å². The number of carbonyl (C=O) groups excluding carboxylic acids is 1. The van der Waals surface area contributed by atoms with Gasteiger partial charge in [-0.1, -0.05) is 31.0 Å². The summed E-state index contributed by atoms with van der Waals surface area (Å²) in [6.07, 6.45) is 7.43. The van der Waals surface area contributed by atoms with Crippen molar-refractivity contribution in [3.8, 4) is 17.2 Å². The lowest BCUT2D eigenvalue weighted by molar-refractivity contribution is 0.0946. The first-order chi connectivity index (χ1) is 12.7. The number of nitrogens with zero attached hydrogens (tertiary/aromatic N) is 3. The van der Waals surface area contributed by atoms with Crippen LogP contribution in [0.4, 0.5) is 0 Å². The van der Waals surface area contributed by atoms with Crippen molar-refractivity contribution >= 4 is 17.5 Å². The van der Waals surface area contributed by atoms with Gasteiger partial charge in [0.1, 0.15) is 16.7 Å². The number of aromatic amines is 1. The number of nitrogens with one attached hydrogen (secondary N) is 2. The van der Waals surface area contributed by atoms with Gasteiger partial charge in [-0.2, -0.15) is 0 Å². The third-order valence-corrected chi connectivity index (χ3v) is 4.90. The highest BCUT2D eigenvalue weighted by molar-refractivity contribution is 6.31. The van der Waals surface area contributed by atoms with E-state index in [4.69, 9.17) is 11.6 Å². The normalized spacial score (nSPS) is 13.5. The van der Waals surface area contributed by atoms with Crippen LogP contribution in [-0.2, 0) is 12.8 Å². The van der Waals surface area contributed by atoms with Gasteiger partial charge in [0.05, 0.1) is 0 Å². The molecule has 1 aromatic carbocycles. The Morgan fingerprint density at radius 2 is 2.23 bits per heavy atom. The molecule has 134 valence electrons. The summed E-state index contributed by atoms with van der Waals surface area (Å²) in [5.41, 5.74) is 3.27. The molecule has 6 nitrogen and oxygen atoms in total. The second kappa shape index (κ2) is 6.96. The average Bonchev–Trinajstić information content (AvgIpc) is 3.26. The number of unbranched alkanes of at least 4 members (excludes halogenated alkanes) is 1. The van der Waals surface area contributed by atoms with Crippen LogP contribution in [0.3, 0.4) is 0 Å². The van der Waals surface area contributed by atoms with E-state index in [0.717, 1.165) is 42.8 Å². The number of carbonyl (C=O) groups is 1. The second-order valence-corrected chi connectivity index (χ2v) is 6.80. The molecule has 3 heterocycles. The van der Waals surface area contributed by atoms with E-state index < -0.39 is 0 Å². The Kier molecular flexibility index (Phi) is 4.51. The first kappa shape index (κ1) is 16.8. The zero-order valence-corrected chi connectivity index (χ0v) is 15.3. The zero-order chi connectivity index (χ0) is 18.1. The lowest BCUT2D eigenvalue weighted by Crippen LogP contribution is -2.31. The monoisotopic (exact) mass is 369 g/mol. The largest absolute Gasteiger partial charge is 0.352 e. The summed E-state index contributed by atoms with van der Waals surface area (Å²) in [5.74, 6) is 1.49. The number of aromatic nitrogens is 4. The van der Waals surface area contributed by atoms with Gasteiger partial charge < -0.3 is 10.3 Å². The molecule has 0 atom stereocenters. The number of rotatable bonds is 5. The second-order valence-electron chi connectivity index (χ2n) is 6.42. The number of amides is 1. The van der Waals surface area contributed by atoms with Gasteiger partial charge in [0.15, 0.2) is 5.82 Å². The molecule has 0 fully saturated rings. The molecule has 0 radical (unpaired) electrons. The summed E-state index contributed by atoms with van der Waals surface area (Å²) in [7, 11) is 0. The van der Waals surface area contributed by atoms with Crippen LogP contribution >= 0.6 is 11.6 Å². The third-order valence-electron chi connectivity index (χ3n) is 4.62. The Hall–Kier alpha value is -2.60. The molecule has 4 rings (SSSR count). The molecule has 0 spiro atoms. The van der Waals surface area contributed by atoms with E-state index in [1.54, 1.807) is 6.20 Å². The SMILES string of the molecule is CCCCc1nc(-c2nccn2-c2ccc3c(c2)C(=O)NCC3)c(Cl)[nH]1. The first-order valence-electron chi connectivity index (χ1n) is 8.87. The maximum Gasteiger partial charge on any atom is 0.251 e. The summed E-state index contributed by atoms with van der Waals surface area (Å²) in [6.45, 7) is 2.83. The fourth-order valence-corrected chi connectivity index (χ4v) is 3.48. The van der Waals surface area contributed by atoms with Crippen molar-refractivity contribution < 1.29 is 4.79 Å². The quantitative estimate of drug-likeness (QED) is 0.722. The van der Waals surface area contributed by atoms with Crippen molar-refractivity contribution in [3.63, 3.8) is 0 Å². The van der Waals surface area contributed by atoms with E-state index in [1.165, 1.54) is 0 Å². The van der Waals surface area contributed by atoms with Crippen LogP contribution in [0.2, 0.25) is 5.15 Å². The number of imidazole rings is 2. The van der Waals surface area contributed by atoms with Crippen molar-refractivity contribution in [1.82, 2.24) is 24.8 Å². The molecule has 0 saturated heterocycles. The van der Waals surface area contributed by atoms with E-state index >= 15 is 0 Å². The summed E-state index contributed by atoms with van der Waals surface area (Å²) in [4.78, 5) is 24.4. The maximum atomic E-state index is 12.1. The smallest absolute Gasteiger partial charge is 0.251 e. The van der Waals surface area contributed by atoms with Crippen LogP contribution < -0.4 is 5.32 Å². The Morgan fingerprint density at radius 3 is 3.08 bits per heavy atom. The van der Waals surface area contributed by atoms with Crippen LogP contribution in [0.5, 0.6) is 0 Å². The van der Waals surface area contributed by atoms with Gasteiger partial charge in [-0.05, 0) is 30.5 Å². The summed E-state index contributed by atoms with van der Waals surface area (Å²) >= 11 is 6.38. The van der Waals surface area contributed by atoms with Gasteiger partial charge in [-0.3, -0.25) is 9.36 Å². The topological polar surface area (TPSA) is 75.6 Å². The Morgan fingerprint density at radius 1 is 1.35 bits per heavy atom. The minimum absolute atomic E-state index is 0.0329. The van der Waals surface area contributed by atoms with Crippen molar-refractivity contribution in [3.05, 3.63) is 52.7 Å². The standard InChI is InChI=1S/C19H20ClN5O/c1-2-3-4-15-23-16(17(20)24-15)18-21-9-10-25(18)13-6-5-12-7-8-22-19(26)14(12)11-13/h5-6,9-11H,2-4,7-8H2,1H3,(H,22,26)(H,23,24). The van der Waals surface area contributed by atoms with E-state index in [9.17, 15) is 4.79 Å². The molecular formula is C19H20ClN5O. The lowest BCUT2D eigenvalue weighted by atomic mass is 10.00. The number of H-pyrrole nitrogens is 1.